The Bertz CT molecular complexity index is 189. The van der Waals surface area contributed by atoms with Crippen LogP contribution in [0.15, 0.2) is 25.7 Å². The molecule has 0 heterocycles. The van der Waals surface area contributed by atoms with Crippen molar-refractivity contribution in [2.24, 2.45) is 0 Å². The van der Waals surface area contributed by atoms with Crippen molar-refractivity contribution < 1.29 is 9.47 Å². The molecule has 0 saturated heterocycles. The van der Waals surface area contributed by atoms with Gasteiger partial charge in [0, 0.05) is 12.8 Å². The monoisotopic (exact) mass is 224 g/mol. The topological polar surface area (TPSA) is 18.5 Å². The lowest BCUT2D eigenvalue weighted by molar-refractivity contribution is -0.183. The lowest BCUT2D eigenvalue weighted by Gasteiger charge is -2.32. The third kappa shape index (κ3) is 4.30. The van der Waals surface area contributed by atoms with E-state index in [4.69, 9.17) is 9.47 Å². The standard InChI is InChI=1S/C14H24O2/c1-3-15-14(16-4-2)12-10-8-6-5-7-9-11-13-14/h3-4H,1-2,5-13H2. The Labute approximate surface area is 99.3 Å². The molecule has 1 saturated carbocycles. The van der Waals surface area contributed by atoms with Crippen molar-refractivity contribution in [3.63, 3.8) is 0 Å². The first-order valence-corrected chi connectivity index (χ1v) is 6.40. The predicted molar refractivity (Wildman–Crippen MR) is 66.8 cm³/mol. The summed E-state index contributed by atoms with van der Waals surface area (Å²) >= 11 is 0. The van der Waals surface area contributed by atoms with Crippen LogP contribution in [0.25, 0.3) is 0 Å². The van der Waals surface area contributed by atoms with E-state index in [0.29, 0.717) is 0 Å². The lowest BCUT2D eigenvalue weighted by Crippen LogP contribution is -2.33. The van der Waals surface area contributed by atoms with Crippen LogP contribution in [0.4, 0.5) is 0 Å². The average Bonchev–Trinajstić information content (AvgIpc) is 2.28. The van der Waals surface area contributed by atoms with Crippen molar-refractivity contribution in [2.45, 2.75) is 63.6 Å². The highest BCUT2D eigenvalue weighted by Gasteiger charge is 2.31. The lowest BCUT2D eigenvalue weighted by atomic mass is 9.96. The molecule has 2 nitrogen and oxygen atoms in total. The van der Waals surface area contributed by atoms with Gasteiger partial charge in [-0.2, -0.15) is 0 Å². The maximum absolute atomic E-state index is 5.61. The average molecular weight is 224 g/mol. The van der Waals surface area contributed by atoms with Crippen LogP contribution in [-0.4, -0.2) is 5.79 Å². The number of rotatable bonds is 4. The van der Waals surface area contributed by atoms with Crippen LogP contribution in [0.5, 0.6) is 0 Å². The van der Waals surface area contributed by atoms with Gasteiger partial charge in [-0.25, -0.2) is 0 Å². The molecule has 0 unspecified atom stereocenters. The van der Waals surface area contributed by atoms with E-state index >= 15 is 0 Å². The van der Waals surface area contributed by atoms with Crippen LogP contribution < -0.4 is 0 Å². The summed E-state index contributed by atoms with van der Waals surface area (Å²) in [5, 5.41) is 0. The SMILES string of the molecule is C=COC1(OC=C)CCCCCCCCC1. The minimum Gasteiger partial charge on any atom is -0.461 e. The first-order valence-electron chi connectivity index (χ1n) is 6.40. The van der Waals surface area contributed by atoms with Crippen LogP contribution in [0.3, 0.4) is 0 Å². The number of hydrogen-bond donors (Lipinski definition) is 0. The molecular formula is C14H24O2. The molecule has 1 aliphatic carbocycles. The van der Waals surface area contributed by atoms with E-state index in [1.54, 1.807) is 0 Å². The van der Waals surface area contributed by atoms with Crippen LogP contribution in [0, 0.1) is 0 Å². The van der Waals surface area contributed by atoms with Crippen molar-refractivity contribution in [3.05, 3.63) is 25.7 Å². The molecule has 92 valence electrons. The summed E-state index contributed by atoms with van der Waals surface area (Å²) in [5.74, 6) is -0.499. The Kier molecular flexibility index (Phi) is 6.05. The fraction of sp³-hybridized carbons (Fsp3) is 0.714. The van der Waals surface area contributed by atoms with E-state index < -0.39 is 5.79 Å². The first kappa shape index (κ1) is 13.1. The second-order valence-electron chi connectivity index (χ2n) is 4.45. The van der Waals surface area contributed by atoms with Crippen LogP contribution >= 0.6 is 0 Å². The van der Waals surface area contributed by atoms with Gasteiger partial charge in [0.1, 0.15) is 0 Å². The van der Waals surface area contributed by atoms with Gasteiger partial charge >= 0.3 is 0 Å². The van der Waals surface area contributed by atoms with Gasteiger partial charge in [-0.1, -0.05) is 45.3 Å². The van der Waals surface area contributed by atoms with Gasteiger partial charge in [0.25, 0.3) is 0 Å². The van der Waals surface area contributed by atoms with Crippen molar-refractivity contribution >= 4 is 0 Å². The highest BCUT2D eigenvalue weighted by Crippen LogP contribution is 2.30. The third-order valence-electron chi connectivity index (χ3n) is 3.21. The molecule has 0 aromatic heterocycles. The van der Waals surface area contributed by atoms with Crippen molar-refractivity contribution in [3.8, 4) is 0 Å². The molecule has 0 aromatic carbocycles. The van der Waals surface area contributed by atoms with Crippen molar-refractivity contribution in [2.75, 3.05) is 0 Å². The summed E-state index contributed by atoms with van der Waals surface area (Å²) in [5.41, 5.74) is 0. The Morgan fingerprint density at radius 1 is 0.688 bits per heavy atom. The summed E-state index contributed by atoms with van der Waals surface area (Å²) < 4.78 is 11.2. The predicted octanol–water partition coefficient (Wildman–Crippen LogP) is 4.53. The third-order valence-corrected chi connectivity index (χ3v) is 3.21. The zero-order valence-corrected chi connectivity index (χ0v) is 10.2. The summed E-state index contributed by atoms with van der Waals surface area (Å²) in [6.45, 7) is 7.28. The second kappa shape index (κ2) is 7.37. The van der Waals surface area contributed by atoms with Crippen LogP contribution in [-0.2, 0) is 9.47 Å². The molecule has 0 amide bonds. The highest BCUT2D eigenvalue weighted by atomic mass is 16.7. The maximum Gasteiger partial charge on any atom is 0.249 e. The van der Waals surface area contributed by atoms with Crippen molar-refractivity contribution in [1.82, 2.24) is 0 Å². The quantitative estimate of drug-likeness (QED) is 0.516. The summed E-state index contributed by atoms with van der Waals surface area (Å²) in [4.78, 5) is 0. The van der Waals surface area contributed by atoms with Crippen LogP contribution in [0.2, 0.25) is 0 Å². The maximum atomic E-state index is 5.61. The molecule has 0 aromatic rings. The Morgan fingerprint density at radius 3 is 1.44 bits per heavy atom. The Balaban J connectivity index is 2.58. The zero-order chi connectivity index (χ0) is 11.7. The first-order chi connectivity index (χ1) is 7.83. The number of hydrogen-bond acceptors (Lipinski definition) is 2. The fourth-order valence-corrected chi connectivity index (χ4v) is 2.36. The molecule has 1 fully saturated rings. The van der Waals surface area contributed by atoms with E-state index in [1.165, 1.54) is 44.6 Å². The molecular weight excluding hydrogens is 200 g/mol. The van der Waals surface area contributed by atoms with Gasteiger partial charge in [-0.15, -0.1) is 0 Å². The molecule has 1 rings (SSSR count). The van der Waals surface area contributed by atoms with Gasteiger partial charge in [0.05, 0.1) is 12.5 Å². The van der Waals surface area contributed by atoms with Crippen LogP contribution in [0.1, 0.15) is 57.8 Å². The fourth-order valence-electron chi connectivity index (χ4n) is 2.36. The Hall–Kier alpha value is -0.920. The number of ether oxygens (including phenoxy) is 2. The van der Waals surface area contributed by atoms with Gasteiger partial charge in [0.15, 0.2) is 0 Å². The zero-order valence-electron chi connectivity index (χ0n) is 10.2. The van der Waals surface area contributed by atoms with Gasteiger partial charge < -0.3 is 9.47 Å². The second-order valence-corrected chi connectivity index (χ2v) is 4.45. The molecule has 1 aliphatic rings. The molecule has 0 spiro atoms. The van der Waals surface area contributed by atoms with E-state index in [9.17, 15) is 0 Å². The summed E-state index contributed by atoms with van der Waals surface area (Å²) in [6, 6.07) is 0. The van der Waals surface area contributed by atoms with E-state index in [1.807, 2.05) is 0 Å². The normalized spacial score (nSPS) is 21.8. The van der Waals surface area contributed by atoms with E-state index in [2.05, 4.69) is 13.2 Å². The molecule has 0 atom stereocenters. The molecule has 2 heteroatoms. The van der Waals surface area contributed by atoms with Gasteiger partial charge in [-0.05, 0) is 12.8 Å². The molecule has 0 N–H and O–H groups in total. The van der Waals surface area contributed by atoms with Gasteiger partial charge in [0.2, 0.25) is 5.79 Å². The van der Waals surface area contributed by atoms with Gasteiger partial charge in [-0.3, -0.25) is 0 Å². The Morgan fingerprint density at radius 2 is 1.06 bits per heavy atom. The molecule has 0 bridgehead atoms. The summed E-state index contributed by atoms with van der Waals surface area (Å²) in [7, 11) is 0. The molecule has 0 radical (unpaired) electrons. The van der Waals surface area contributed by atoms with E-state index in [-0.39, 0.29) is 0 Å². The minimum atomic E-state index is -0.499. The van der Waals surface area contributed by atoms with E-state index in [0.717, 1.165) is 25.7 Å². The smallest absolute Gasteiger partial charge is 0.249 e. The summed E-state index contributed by atoms with van der Waals surface area (Å²) in [6.07, 6.45) is 13.7. The largest absolute Gasteiger partial charge is 0.461 e. The highest BCUT2D eigenvalue weighted by molar-refractivity contribution is 4.77. The minimum absolute atomic E-state index is 0.499. The van der Waals surface area contributed by atoms with Crippen molar-refractivity contribution in [1.29, 1.82) is 0 Å². The molecule has 16 heavy (non-hydrogen) atoms. The molecule has 0 aliphatic heterocycles.